The molecule has 0 aliphatic carbocycles. The average Bonchev–Trinajstić information content (AvgIpc) is 2.37. The Morgan fingerprint density at radius 3 is 2.57 bits per heavy atom. The molecule has 0 aliphatic heterocycles. The van der Waals surface area contributed by atoms with Crippen LogP contribution in [-0.4, -0.2) is 24.6 Å². The molecular formula is C14H17N3O3S. The molecule has 2 rings (SSSR count). The lowest BCUT2D eigenvalue weighted by Crippen LogP contribution is -2.04. The predicted octanol–water partition coefficient (Wildman–Crippen LogP) is 2.38. The minimum absolute atomic E-state index is 0.0827. The molecule has 0 bridgehead atoms. The first kappa shape index (κ1) is 15.2. The SMILES string of the molecule is CC(C)c1c(N)ncnc1Oc1cccc(S(C)(=O)=O)c1. The van der Waals surface area contributed by atoms with Crippen molar-refractivity contribution in [1.82, 2.24) is 9.97 Å². The Balaban J connectivity index is 2.42. The maximum atomic E-state index is 11.6. The lowest BCUT2D eigenvalue weighted by Gasteiger charge is -2.14. The Kier molecular flexibility index (Phi) is 4.13. The van der Waals surface area contributed by atoms with Gasteiger partial charge >= 0.3 is 0 Å². The number of ether oxygens (including phenoxy) is 1. The van der Waals surface area contributed by atoms with Crippen LogP contribution in [-0.2, 0) is 9.84 Å². The van der Waals surface area contributed by atoms with Gasteiger partial charge in [0.15, 0.2) is 9.84 Å². The van der Waals surface area contributed by atoms with E-state index in [9.17, 15) is 8.42 Å². The molecule has 2 N–H and O–H groups in total. The Labute approximate surface area is 123 Å². The van der Waals surface area contributed by atoms with Gasteiger partial charge < -0.3 is 10.5 Å². The Bertz CT molecular complexity index is 758. The summed E-state index contributed by atoms with van der Waals surface area (Å²) in [6.07, 6.45) is 2.46. The van der Waals surface area contributed by atoms with Crippen molar-refractivity contribution in [2.24, 2.45) is 0 Å². The minimum Gasteiger partial charge on any atom is -0.438 e. The van der Waals surface area contributed by atoms with Gasteiger partial charge in [-0.25, -0.2) is 18.4 Å². The summed E-state index contributed by atoms with van der Waals surface area (Å²) in [5.41, 5.74) is 6.54. The smallest absolute Gasteiger partial charge is 0.227 e. The van der Waals surface area contributed by atoms with Crippen molar-refractivity contribution in [3.63, 3.8) is 0 Å². The second-order valence-electron chi connectivity index (χ2n) is 4.98. The molecule has 0 amide bonds. The molecule has 2 aromatic rings. The summed E-state index contributed by atoms with van der Waals surface area (Å²) in [5.74, 6) is 1.16. The third-order valence-corrected chi connectivity index (χ3v) is 4.01. The van der Waals surface area contributed by atoms with E-state index in [0.717, 1.165) is 6.26 Å². The molecule has 112 valence electrons. The van der Waals surface area contributed by atoms with Gasteiger partial charge in [0.2, 0.25) is 5.88 Å². The average molecular weight is 307 g/mol. The van der Waals surface area contributed by atoms with Gasteiger partial charge in [0, 0.05) is 6.26 Å². The standard InChI is InChI=1S/C14H17N3O3S/c1-9(2)12-13(15)16-8-17-14(12)20-10-5-4-6-11(7-10)21(3,18)19/h4-9H,1-3H3,(H2,15,16,17). The highest BCUT2D eigenvalue weighted by Crippen LogP contribution is 2.32. The molecular weight excluding hydrogens is 290 g/mol. The zero-order valence-electron chi connectivity index (χ0n) is 12.1. The van der Waals surface area contributed by atoms with Crippen molar-refractivity contribution in [3.8, 4) is 11.6 Å². The highest BCUT2D eigenvalue weighted by atomic mass is 32.2. The number of sulfone groups is 1. The van der Waals surface area contributed by atoms with E-state index in [0.29, 0.717) is 23.0 Å². The molecule has 0 saturated carbocycles. The largest absolute Gasteiger partial charge is 0.438 e. The fourth-order valence-corrected chi connectivity index (χ4v) is 2.55. The summed E-state index contributed by atoms with van der Waals surface area (Å²) < 4.78 is 28.8. The molecule has 7 heteroatoms. The third kappa shape index (κ3) is 3.49. The van der Waals surface area contributed by atoms with Gasteiger partial charge in [-0.3, -0.25) is 0 Å². The monoisotopic (exact) mass is 307 g/mol. The number of nitrogens with zero attached hydrogens (tertiary/aromatic N) is 2. The maximum absolute atomic E-state index is 11.6. The summed E-state index contributed by atoms with van der Waals surface area (Å²) in [4.78, 5) is 8.22. The minimum atomic E-state index is -3.29. The highest BCUT2D eigenvalue weighted by Gasteiger charge is 2.16. The Morgan fingerprint density at radius 2 is 1.95 bits per heavy atom. The van der Waals surface area contributed by atoms with Crippen LogP contribution in [0.1, 0.15) is 25.3 Å². The summed E-state index contributed by atoms with van der Waals surface area (Å²) in [6, 6.07) is 6.25. The van der Waals surface area contributed by atoms with Crippen molar-refractivity contribution >= 4 is 15.7 Å². The number of hydrogen-bond donors (Lipinski definition) is 1. The number of rotatable bonds is 4. The van der Waals surface area contributed by atoms with Crippen LogP contribution >= 0.6 is 0 Å². The number of aromatic nitrogens is 2. The van der Waals surface area contributed by atoms with Crippen LogP contribution in [0.2, 0.25) is 0 Å². The maximum Gasteiger partial charge on any atom is 0.227 e. The van der Waals surface area contributed by atoms with Crippen LogP contribution in [0.4, 0.5) is 5.82 Å². The van der Waals surface area contributed by atoms with Crippen molar-refractivity contribution < 1.29 is 13.2 Å². The molecule has 0 saturated heterocycles. The second-order valence-corrected chi connectivity index (χ2v) is 7.00. The lowest BCUT2D eigenvalue weighted by molar-refractivity contribution is 0.450. The second kappa shape index (κ2) is 5.69. The molecule has 0 atom stereocenters. The number of benzene rings is 1. The zero-order chi connectivity index (χ0) is 15.6. The predicted molar refractivity (Wildman–Crippen MR) is 80.2 cm³/mol. The molecule has 0 fully saturated rings. The number of anilines is 1. The number of hydrogen-bond acceptors (Lipinski definition) is 6. The van der Waals surface area contributed by atoms with Gasteiger partial charge in [0.05, 0.1) is 10.5 Å². The van der Waals surface area contributed by atoms with E-state index in [2.05, 4.69) is 9.97 Å². The number of nitrogens with two attached hydrogens (primary N) is 1. The van der Waals surface area contributed by atoms with E-state index in [1.807, 2.05) is 13.8 Å². The first-order valence-electron chi connectivity index (χ1n) is 6.37. The van der Waals surface area contributed by atoms with Crippen molar-refractivity contribution in [2.75, 3.05) is 12.0 Å². The first-order chi connectivity index (χ1) is 9.79. The zero-order valence-corrected chi connectivity index (χ0v) is 12.9. The quantitative estimate of drug-likeness (QED) is 0.931. The summed E-state index contributed by atoms with van der Waals surface area (Å²) in [5, 5.41) is 0. The van der Waals surface area contributed by atoms with Crippen molar-refractivity contribution in [2.45, 2.75) is 24.7 Å². The Hall–Kier alpha value is -2.15. The molecule has 1 heterocycles. The van der Waals surface area contributed by atoms with Gasteiger partial charge in [-0.05, 0) is 24.1 Å². The highest BCUT2D eigenvalue weighted by molar-refractivity contribution is 7.90. The lowest BCUT2D eigenvalue weighted by atomic mass is 10.1. The van der Waals surface area contributed by atoms with E-state index in [4.69, 9.17) is 10.5 Å². The van der Waals surface area contributed by atoms with E-state index >= 15 is 0 Å². The fraction of sp³-hybridized carbons (Fsp3) is 0.286. The van der Waals surface area contributed by atoms with Gasteiger partial charge in [-0.1, -0.05) is 19.9 Å². The van der Waals surface area contributed by atoms with Gasteiger partial charge in [0.1, 0.15) is 17.9 Å². The van der Waals surface area contributed by atoms with Crippen LogP contribution in [0.25, 0.3) is 0 Å². The molecule has 0 spiro atoms. The van der Waals surface area contributed by atoms with Crippen LogP contribution in [0, 0.1) is 0 Å². The van der Waals surface area contributed by atoms with Gasteiger partial charge in [-0.15, -0.1) is 0 Å². The van der Waals surface area contributed by atoms with Crippen LogP contribution in [0.3, 0.4) is 0 Å². The summed E-state index contributed by atoms with van der Waals surface area (Å²) >= 11 is 0. The molecule has 1 aromatic heterocycles. The molecule has 0 unspecified atom stereocenters. The first-order valence-corrected chi connectivity index (χ1v) is 8.26. The van der Waals surface area contributed by atoms with E-state index in [1.165, 1.54) is 18.5 Å². The number of nitrogen functional groups attached to an aromatic ring is 1. The summed E-state index contributed by atoms with van der Waals surface area (Å²) in [6.45, 7) is 3.91. The van der Waals surface area contributed by atoms with E-state index < -0.39 is 9.84 Å². The molecule has 0 radical (unpaired) electrons. The fourth-order valence-electron chi connectivity index (χ4n) is 1.90. The molecule has 0 aliphatic rings. The molecule has 6 nitrogen and oxygen atoms in total. The van der Waals surface area contributed by atoms with E-state index in [1.54, 1.807) is 12.1 Å². The van der Waals surface area contributed by atoms with Crippen LogP contribution < -0.4 is 10.5 Å². The summed E-state index contributed by atoms with van der Waals surface area (Å²) in [7, 11) is -3.29. The third-order valence-electron chi connectivity index (χ3n) is 2.90. The topological polar surface area (TPSA) is 95.2 Å². The van der Waals surface area contributed by atoms with Crippen molar-refractivity contribution in [1.29, 1.82) is 0 Å². The Morgan fingerprint density at radius 1 is 1.24 bits per heavy atom. The molecule has 21 heavy (non-hydrogen) atoms. The molecule has 1 aromatic carbocycles. The van der Waals surface area contributed by atoms with Gasteiger partial charge in [-0.2, -0.15) is 0 Å². The van der Waals surface area contributed by atoms with Crippen LogP contribution in [0.15, 0.2) is 35.5 Å². The normalized spacial score (nSPS) is 11.6. The van der Waals surface area contributed by atoms with E-state index in [-0.39, 0.29) is 10.8 Å². The van der Waals surface area contributed by atoms with Crippen LogP contribution in [0.5, 0.6) is 11.6 Å². The van der Waals surface area contributed by atoms with Crippen molar-refractivity contribution in [3.05, 3.63) is 36.2 Å². The van der Waals surface area contributed by atoms with Gasteiger partial charge in [0.25, 0.3) is 0 Å².